The Kier molecular flexibility index (Phi) is 6.79. The van der Waals surface area contributed by atoms with Gasteiger partial charge in [-0.25, -0.2) is 9.18 Å². The number of carbonyl (C=O) groups is 3. The molecule has 0 aliphatic heterocycles. The van der Waals surface area contributed by atoms with E-state index in [1.165, 1.54) is 20.1 Å². The number of Topliss-reactive ketones (excluding diaryl/α,β-unsaturated/α-hetero) is 1. The first-order valence-electron chi connectivity index (χ1n) is 8.14. The Hall–Kier alpha value is -2.61. The predicted molar refractivity (Wildman–Crippen MR) is 98.6 cm³/mol. The topological polar surface area (TPSA) is 85.5 Å². The van der Waals surface area contributed by atoms with Crippen LogP contribution in [0.5, 0.6) is 0 Å². The molecule has 1 atom stereocenters. The molecule has 144 valence electrons. The minimum absolute atomic E-state index is 0.130. The lowest BCUT2D eigenvalue weighted by atomic mass is 10.1. The molecule has 0 saturated carbocycles. The molecule has 0 radical (unpaired) electrons. The second kappa shape index (κ2) is 8.85. The van der Waals surface area contributed by atoms with E-state index < -0.39 is 29.6 Å². The smallest absolute Gasteiger partial charge is 0.339 e. The molecule has 8 heteroatoms. The fourth-order valence-electron chi connectivity index (χ4n) is 2.59. The summed E-state index contributed by atoms with van der Waals surface area (Å²) < 4.78 is 23.4. The molecule has 1 aromatic heterocycles. The van der Waals surface area contributed by atoms with E-state index >= 15 is 0 Å². The van der Waals surface area contributed by atoms with Crippen LogP contribution in [-0.4, -0.2) is 41.7 Å². The minimum atomic E-state index is -1.05. The lowest BCUT2D eigenvalue weighted by molar-refractivity contribution is -0.143. The van der Waals surface area contributed by atoms with Gasteiger partial charge < -0.3 is 14.5 Å². The lowest BCUT2D eigenvalue weighted by Crippen LogP contribution is -2.26. The van der Waals surface area contributed by atoms with E-state index in [1.54, 1.807) is 32.0 Å². The fraction of sp³-hybridized carbons (Fsp3) is 0.316. The van der Waals surface area contributed by atoms with E-state index in [-0.39, 0.29) is 17.0 Å². The summed E-state index contributed by atoms with van der Waals surface area (Å²) in [7, 11) is 1.26. The van der Waals surface area contributed by atoms with Crippen LogP contribution in [0.3, 0.4) is 0 Å². The van der Waals surface area contributed by atoms with Crippen molar-refractivity contribution in [3.8, 4) is 0 Å². The molecule has 0 bridgehead atoms. The summed E-state index contributed by atoms with van der Waals surface area (Å²) in [5.74, 6) is -2.21. The summed E-state index contributed by atoms with van der Waals surface area (Å²) in [4.78, 5) is 39.6. The number of carbonyl (C=O) groups excluding carboxylic acids is 3. The summed E-state index contributed by atoms with van der Waals surface area (Å²) in [6.07, 6.45) is -1.05. The second-order valence-electron chi connectivity index (χ2n) is 5.83. The molecule has 0 amide bonds. The van der Waals surface area contributed by atoms with Crippen molar-refractivity contribution in [1.29, 1.82) is 0 Å². The third-order valence-corrected chi connectivity index (χ3v) is 4.96. The van der Waals surface area contributed by atoms with Gasteiger partial charge in [0.25, 0.3) is 0 Å². The molecule has 2 rings (SSSR count). The zero-order valence-electron chi connectivity index (χ0n) is 15.4. The Labute approximate surface area is 160 Å². The fourth-order valence-corrected chi connectivity index (χ4v) is 3.31. The Bertz CT molecular complexity index is 877. The number of ketones is 1. The number of hydrogen-bond acceptors (Lipinski definition) is 6. The monoisotopic (exact) mass is 393 g/mol. The van der Waals surface area contributed by atoms with Crippen LogP contribution in [0, 0.1) is 19.7 Å². The third kappa shape index (κ3) is 4.77. The largest absolute Gasteiger partial charge is 0.465 e. The maximum Gasteiger partial charge on any atom is 0.339 e. The van der Waals surface area contributed by atoms with Gasteiger partial charge in [0.1, 0.15) is 5.82 Å². The first-order chi connectivity index (χ1) is 12.8. The van der Waals surface area contributed by atoms with Crippen molar-refractivity contribution in [3.63, 3.8) is 0 Å². The normalized spacial score (nSPS) is 11.7. The van der Waals surface area contributed by atoms with Crippen LogP contribution in [0.2, 0.25) is 0 Å². The van der Waals surface area contributed by atoms with Crippen LogP contribution >= 0.6 is 11.8 Å². The van der Waals surface area contributed by atoms with Crippen LogP contribution in [0.1, 0.15) is 39.0 Å². The molecule has 0 unspecified atom stereocenters. The molecule has 0 aliphatic rings. The van der Waals surface area contributed by atoms with Gasteiger partial charge in [0.2, 0.25) is 5.78 Å². The van der Waals surface area contributed by atoms with Crippen molar-refractivity contribution in [2.45, 2.75) is 31.8 Å². The van der Waals surface area contributed by atoms with Crippen LogP contribution in [0.15, 0.2) is 29.2 Å². The number of ether oxygens (including phenoxy) is 2. The summed E-state index contributed by atoms with van der Waals surface area (Å²) in [6.45, 7) is 4.71. The SMILES string of the molecule is COC(=O)c1c(C)[nH]c(C(=O)[C@H](C)OC(=O)CSc2ccccc2F)c1C. The molecular weight excluding hydrogens is 373 g/mol. The second-order valence-corrected chi connectivity index (χ2v) is 6.85. The molecule has 0 fully saturated rings. The highest BCUT2D eigenvalue weighted by molar-refractivity contribution is 8.00. The highest BCUT2D eigenvalue weighted by Crippen LogP contribution is 2.23. The number of esters is 2. The predicted octanol–water partition coefficient (Wildman–Crippen LogP) is 3.46. The number of H-pyrrole nitrogens is 1. The molecule has 0 saturated heterocycles. The van der Waals surface area contributed by atoms with Gasteiger partial charge in [-0.2, -0.15) is 0 Å². The van der Waals surface area contributed by atoms with Crippen LogP contribution < -0.4 is 0 Å². The van der Waals surface area contributed by atoms with Crippen LogP contribution in [0.25, 0.3) is 0 Å². The van der Waals surface area contributed by atoms with Crippen molar-refractivity contribution in [2.24, 2.45) is 0 Å². The summed E-state index contributed by atoms with van der Waals surface area (Å²) >= 11 is 0.991. The van der Waals surface area contributed by atoms with E-state index in [9.17, 15) is 18.8 Å². The Morgan fingerprint density at radius 3 is 2.52 bits per heavy atom. The molecular formula is C19H20FNO5S. The lowest BCUT2D eigenvalue weighted by Gasteiger charge is -2.12. The quantitative estimate of drug-likeness (QED) is 0.440. The molecule has 1 heterocycles. The highest BCUT2D eigenvalue weighted by Gasteiger charge is 2.27. The summed E-state index contributed by atoms with van der Waals surface area (Å²) in [5, 5.41) is 0. The molecule has 1 N–H and O–H groups in total. The Morgan fingerprint density at radius 2 is 1.89 bits per heavy atom. The van der Waals surface area contributed by atoms with Gasteiger partial charge >= 0.3 is 11.9 Å². The Morgan fingerprint density at radius 1 is 1.22 bits per heavy atom. The van der Waals surface area contributed by atoms with Crippen LogP contribution in [-0.2, 0) is 14.3 Å². The number of nitrogens with one attached hydrogen (secondary N) is 1. The van der Waals surface area contributed by atoms with Crippen molar-refractivity contribution >= 4 is 29.5 Å². The van der Waals surface area contributed by atoms with Gasteiger partial charge in [-0.05, 0) is 38.5 Å². The summed E-state index contributed by atoms with van der Waals surface area (Å²) in [6, 6.07) is 6.08. The first-order valence-corrected chi connectivity index (χ1v) is 9.13. The van der Waals surface area contributed by atoms with Crippen molar-refractivity contribution in [3.05, 3.63) is 52.6 Å². The molecule has 27 heavy (non-hydrogen) atoms. The number of aromatic amines is 1. The maximum atomic E-state index is 13.6. The standard InChI is InChI=1S/C19H20FNO5S/c1-10-16(19(24)25-4)11(2)21-17(10)18(23)12(3)26-15(22)9-27-14-8-6-5-7-13(14)20/h5-8,12,21H,9H2,1-4H3/t12-/m0/s1. The van der Waals surface area contributed by atoms with Gasteiger partial charge in [-0.3, -0.25) is 9.59 Å². The number of thioether (sulfide) groups is 1. The third-order valence-electron chi connectivity index (χ3n) is 3.93. The van der Waals surface area contributed by atoms with E-state index in [0.717, 1.165) is 11.8 Å². The van der Waals surface area contributed by atoms with Crippen molar-refractivity contribution < 1.29 is 28.2 Å². The first kappa shape index (κ1) is 20.7. The maximum absolute atomic E-state index is 13.6. The van der Waals surface area contributed by atoms with Gasteiger partial charge in [0.05, 0.1) is 24.1 Å². The van der Waals surface area contributed by atoms with Gasteiger partial charge in [-0.1, -0.05) is 12.1 Å². The zero-order chi connectivity index (χ0) is 20.1. The number of aryl methyl sites for hydroxylation is 1. The van der Waals surface area contributed by atoms with E-state index in [0.29, 0.717) is 16.2 Å². The average Bonchev–Trinajstić information content (AvgIpc) is 2.94. The van der Waals surface area contributed by atoms with Crippen molar-refractivity contribution in [2.75, 3.05) is 12.9 Å². The molecule has 2 aromatic rings. The number of halogens is 1. The van der Waals surface area contributed by atoms with Crippen LogP contribution in [0.4, 0.5) is 4.39 Å². The minimum Gasteiger partial charge on any atom is -0.465 e. The number of rotatable bonds is 7. The number of aromatic nitrogens is 1. The average molecular weight is 393 g/mol. The van der Waals surface area contributed by atoms with Gasteiger partial charge in [-0.15, -0.1) is 11.8 Å². The molecule has 0 aliphatic carbocycles. The van der Waals surface area contributed by atoms with E-state index in [2.05, 4.69) is 4.98 Å². The van der Waals surface area contributed by atoms with E-state index in [1.807, 2.05) is 0 Å². The molecule has 1 aromatic carbocycles. The summed E-state index contributed by atoms with van der Waals surface area (Å²) in [5.41, 5.74) is 1.41. The Balaban J connectivity index is 2.02. The highest BCUT2D eigenvalue weighted by atomic mass is 32.2. The van der Waals surface area contributed by atoms with E-state index in [4.69, 9.17) is 9.47 Å². The number of methoxy groups -OCH3 is 1. The van der Waals surface area contributed by atoms with Gasteiger partial charge in [0.15, 0.2) is 6.10 Å². The molecule has 6 nitrogen and oxygen atoms in total. The van der Waals surface area contributed by atoms with Gasteiger partial charge in [0, 0.05) is 10.6 Å². The zero-order valence-corrected chi connectivity index (χ0v) is 16.2. The van der Waals surface area contributed by atoms with Crippen molar-refractivity contribution in [1.82, 2.24) is 4.98 Å². The molecule has 0 spiro atoms. The number of hydrogen-bond donors (Lipinski definition) is 1. The number of benzene rings is 1.